The second-order valence-corrected chi connectivity index (χ2v) is 8.31. The highest BCUT2D eigenvalue weighted by atomic mass is 79.9. The van der Waals surface area contributed by atoms with E-state index in [0.29, 0.717) is 32.6 Å². The topological polar surface area (TPSA) is 52.5 Å². The number of aromatic nitrogens is 1. The van der Waals surface area contributed by atoms with Gasteiger partial charge in [0.05, 0.1) is 12.5 Å². The summed E-state index contributed by atoms with van der Waals surface area (Å²) in [7, 11) is 1.65. The van der Waals surface area contributed by atoms with E-state index < -0.39 is 5.41 Å². The number of nitrogens with zero attached hydrogens (tertiary/aromatic N) is 1. The summed E-state index contributed by atoms with van der Waals surface area (Å²) in [5.74, 6) is 0.866. The van der Waals surface area contributed by atoms with Gasteiger partial charge in [-0.25, -0.2) is 0 Å². The number of nitrogens with one attached hydrogen (secondary N) is 1. The smallest absolute Gasteiger partial charge is 0.230 e. The molecule has 1 aliphatic rings. The van der Waals surface area contributed by atoms with E-state index in [2.05, 4.69) is 50.2 Å². The van der Waals surface area contributed by atoms with Gasteiger partial charge < -0.3 is 19.4 Å². The van der Waals surface area contributed by atoms with Gasteiger partial charge in [0.1, 0.15) is 5.75 Å². The number of hydrogen-bond acceptors (Lipinski definition) is 3. The molecule has 6 heteroatoms. The first-order valence-electron chi connectivity index (χ1n) is 9.87. The van der Waals surface area contributed by atoms with Crippen LogP contribution >= 0.6 is 15.9 Å². The third-order valence-electron chi connectivity index (χ3n) is 5.80. The maximum atomic E-state index is 13.3. The maximum absolute atomic E-state index is 13.3. The fraction of sp³-hybridized carbons (Fsp3) is 0.348. The Labute approximate surface area is 179 Å². The molecule has 152 valence electrons. The molecular weight excluding hydrogens is 432 g/mol. The molecule has 1 aliphatic heterocycles. The van der Waals surface area contributed by atoms with Gasteiger partial charge in [-0.05, 0) is 54.1 Å². The Morgan fingerprint density at radius 1 is 1.17 bits per heavy atom. The highest BCUT2D eigenvalue weighted by Crippen LogP contribution is 2.36. The van der Waals surface area contributed by atoms with Crippen molar-refractivity contribution in [1.29, 1.82) is 0 Å². The second kappa shape index (κ2) is 8.59. The SMILES string of the molecule is COc1ccc(C2(C(=O)NCCn3ccc4ccc(Br)cc43)CCOCC2)cc1. The Bertz CT molecular complexity index is 991. The van der Waals surface area contributed by atoms with Crippen molar-refractivity contribution in [2.75, 3.05) is 26.9 Å². The van der Waals surface area contributed by atoms with Gasteiger partial charge in [-0.2, -0.15) is 0 Å². The van der Waals surface area contributed by atoms with E-state index >= 15 is 0 Å². The Balaban J connectivity index is 1.48. The fourth-order valence-electron chi connectivity index (χ4n) is 4.09. The minimum Gasteiger partial charge on any atom is -0.497 e. The molecule has 1 fully saturated rings. The lowest BCUT2D eigenvalue weighted by Gasteiger charge is -2.36. The first-order valence-corrected chi connectivity index (χ1v) is 10.7. The zero-order valence-electron chi connectivity index (χ0n) is 16.5. The average Bonchev–Trinajstić information content (AvgIpc) is 3.16. The predicted octanol–water partition coefficient (Wildman–Crippen LogP) is 4.28. The lowest BCUT2D eigenvalue weighted by molar-refractivity contribution is -0.130. The van der Waals surface area contributed by atoms with Crippen LogP contribution in [0.15, 0.2) is 59.2 Å². The predicted molar refractivity (Wildman–Crippen MR) is 117 cm³/mol. The molecule has 2 aromatic carbocycles. The molecule has 4 rings (SSSR count). The maximum Gasteiger partial charge on any atom is 0.230 e. The summed E-state index contributed by atoms with van der Waals surface area (Å²) >= 11 is 3.53. The van der Waals surface area contributed by atoms with Crippen LogP contribution < -0.4 is 10.1 Å². The molecule has 1 aromatic heterocycles. The molecule has 0 aliphatic carbocycles. The Kier molecular flexibility index (Phi) is 5.92. The van der Waals surface area contributed by atoms with Gasteiger partial charge in [0.2, 0.25) is 5.91 Å². The van der Waals surface area contributed by atoms with Gasteiger partial charge in [-0.3, -0.25) is 4.79 Å². The zero-order chi connectivity index (χ0) is 20.3. The second-order valence-electron chi connectivity index (χ2n) is 7.39. The van der Waals surface area contributed by atoms with E-state index in [-0.39, 0.29) is 5.91 Å². The zero-order valence-corrected chi connectivity index (χ0v) is 18.1. The highest BCUT2D eigenvalue weighted by molar-refractivity contribution is 9.10. The molecular formula is C23H25BrN2O3. The molecule has 1 saturated heterocycles. The van der Waals surface area contributed by atoms with Crippen molar-refractivity contribution in [2.24, 2.45) is 0 Å². The van der Waals surface area contributed by atoms with Crippen LogP contribution in [0.2, 0.25) is 0 Å². The fourth-order valence-corrected chi connectivity index (χ4v) is 4.44. The minimum absolute atomic E-state index is 0.0728. The summed E-state index contributed by atoms with van der Waals surface area (Å²) < 4.78 is 14.0. The van der Waals surface area contributed by atoms with Crippen molar-refractivity contribution in [2.45, 2.75) is 24.8 Å². The van der Waals surface area contributed by atoms with Crippen LogP contribution in [0.4, 0.5) is 0 Å². The monoisotopic (exact) mass is 456 g/mol. The first-order chi connectivity index (χ1) is 14.1. The van der Waals surface area contributed by atoms with E-state index in [1.807, 2.05) is 30.3 Å². The van der Waals surface area contributed by atoms with Crippen LogP contribution in [0.25, 0.3) is 10.9 Å². The first kappa shape index (κ1) is 20.0. The molecule has 2 heterocycles. The average molecular weight is 457 g/mol. The number of methoxy groups -OCH3 is 1. The number of carbonyl (C=O) groups excluding carboxylic acids is 1. The lowest BCUT2D eigenvalue weighted by Crippen LogP contribution is -2.48. The molecule has 0 saturated carbocycles. The molecule has 1 N–H and O–H groups in total. The van der Waals surface area contributed by atoms with Crippen LogP contribution in [0.1, 0.15) is 18.4 Å². The largest absolute Gasteiger partial charge is 0.497 e. The minimum atomic E-state index is -0.549. The summed E-state index contributed by atoms with van der Waals surface area (Å²) in [5, 5.41) is 4.37. The third-order valence-corrected chi connectivity index (χ3v) is 6.29. The number of ether oxygens (including phenoxy) is 2. The molecule has 1 amide bonds. The number of hydrogen-bond donors (Lipinski definition) is 1. The molecule has 0 spiro atoms. The van der Waals surface area contributed by atoms with Crippen molar-refractivity contribution >= 4 is 32.7 Å². The summed E-state index contributed by atoms with van der Waals surface area (Å²) in [6.45, 7) is 2.49. The molecule has 0 atom stereocenters. The van der Waals surface area contributed by atoms with E-state index in [1.54, 1.807) is 7.11 Å². The standard InChI is InChI=1S/C23H25BrN2O3/c1-28-20-6-3-18(4-7-20)23(9-14-29-15-10-23)22(27)25-11-13-26-12-8-17-2-5-19(24)16-21(17)26/h2-8,12,16H,9-11,13-15H2,1H3,(H,25,27). The van der Waals surface area contributed by atoms with Crippen LogP contribution in [-0.2, 0) is 21.5 Å². The molecule has 0 unspecified atom stereocenters. The third kappa shape index (κ3) is 4.05. The van der Waals surface area contributed by atoms with Crippen molar-refractivity contribution < 1.29 is 14.3 Å². The summed E-state index contributed by atoms with van der Waals surface area (Å²) in [6.07, 6.45) is 3.44. The van der Waals surface area contributed by atoms with Gasteiger partial charge in [0.25, 0.3) is 0 Å². The van der Waals surface area contributed by atoms with Crippen molar-refractivity contribution in [3.8, 4) is 5.75 Å². The number of benzene rings is 2. The van der Waals surface area contributed by atoms with Crippen LogP contribution in [0.5, 0.6) is 5.75 Å². The van der Waals surface area contributed by atoms with Crippen molar-refractivity contribution in [1.82, 2.24) is 9.88 Å². The van der Waals surface area contributed by atoms with Crippen LogP contribution in [-0.4, -0.2) is 37.3 Å². The summed E-state index contributed by atoms with van der Waals surface area (Å²) in [4.78, 5) is 13.3. The normalized spacial score (nSPS) is 15.9. The number of amides is 1. The van der Waals surface area contributed by atoms with Gasteiger partial charge in [-0.15, -0.1) is 0 Å². The number of rotatable bonds is 6. The molecule has 29 heavy (non-hydrogen) atoms. The number of fused-ring (bicyclic) bond motifs is 1. The Hall–Kier alpha value is -2.31. The van der Waals surface area contributed by atoms with Crippen molar-refractivity contribution in [3.05, 3.63) is 64.8 Å². The van der Waals surface area contributed by atoms with E-state index in [1.165, 1.54) is 5.39 Å². The van der Waals surface area contributed by atoms with Crippen LogP contribution in [0, 0.1) is 0 Å². The van der Waals surface area contributed by atoms with Gasteiger partial charge in [0, 0.05) is 42.5 Å². The van der Waals surface area contributed by atoms with Crippen LogP contribution in [0.3, 0.4) is 0 Å². The van der Waals surface area contributed by atoms with Gasteiger partial charge >= 0.3 is 0 Å². The van der Waals surface area contributed by atoms with Crippen molar-refractivity contribution in [3.63, 3.8) is 0 Å². The number of carbonyl (C=O) groups is 1. The molecule has 0 radical (unpaired) electrons. The van der Waals surface area contributed by atoms with Gasteiger partial charge in [-0.1, -0.05) is 34.1 Å². The molecule has 0 bridgehead atoms. The quantitative estimate of drug-likeness (QED) is 0.602. The Morgan fingerprint density at radius 3 is 2.66 bits per heavy atom. The van der Waals surface area contributed by atoms with E-state index in [4.69, 9.17) is 9.47 Å². The van der Waals surface area contributed by atoms with E-state index in [9.17, 15) is 4.79 Å². The van der Waals surface area contributed by atoms with E-state index in [0.717, 1.165) is 27.8 Å². The Morgan fingerprint density at radius 2 is 1.93 bits per heavy atom. The number of halogens is 1. The summed E-state index contributed by atoms with van der Waals surface area (Å²) in [6, 6.07) is 16.2. The molecule has 5 nitrogen and oxygen atoms in total. The van der Waals surface area contributed by atoms with Gasteiger partial charge in [0.15, 0.2) is 0 Å². The molecule has 3 aromatic rings. The summed E-state index contributed by atoms with van der Waals surface area (Å²) in [5.41, 5.74) is 1.63. The highest BCUT2D eigenvalue weighted by Gasteiger charge is 2.41. The lowest BCUT2D eigenvalue weighted by atomic mass is 9.73.